The van der Waals surface area contributed by atoms with E-state index in [0.29, 0.717) is 0 Å². The van der Waals surface area contributed by atoms with Crippen molar-refractivity contribution >= 4 is 35.0 Å². The van der Waals surface area contributed by atoms with Crippen molar-refractivity contribution in [2.45, 2.75) is 39.5 Å². The van der Waals surface area contributed by atoms with Gasteiger partial charge in [0.05, 0.1) is 16.1 Å². The van der Waals surface area contributed by atoms with Gasteiger partial charge in [0.15, 0.2) is 0 Å². The quantitative estimate of drug-likeness (QED) is 0.734. The summed E-state index contributed by atoms with van der Waals surface area (Å²) in [6, 6.07) is 10.7. The van der Waals surface area contributed by atoms with E-state index in [9.17, 15) is 14.4 Å². The number of nitrogens with zero attached hydrogens (tertiary/aromatic N) is 1. The number of carbonyl (C=O) groups excluding carboxylic acids is 3. The molecule has 3 rings (SSSR count). The number of hydrogen-bond acceptors (Lipinski definition) is 3. The van der Waals surface area contributed by atoms with E-state index in [1.165, 1.54) is 0 Å². The molecule has 1 aliphatic rings. The lowest BCUT2D eigenvalue weighted by Crippen LogP contribution is -2.37. The molecule has 0 bridgehead atoms. The van der Waals surface area contributed by atoms with Gasteiger partial charge in [-0.1, -0.05) is 63.6 Å². The Labute approximate surface area is 169 Å². The zero-order valence-electron chi connectivity index (χ0n) is 16.4. The molecule has 0 aliphatic carbocycles. The van der Waals surface area contributed by atoms with Crippen LogP contribution in [0.4, 0.5) is 5.69 Å². The first-order valence-corrected chi connectivity index (χ1v) is 9.67. The lowest BCUT2D eigenvalue weighted by atomic mass is 9.92. The Morgan fingerprint density at radius 1 is 0.964 bits per heavy atom. The number of rotatable bonds is 5. The highest BCUT2D eigenvalue weighted by atomic mass is 35.5. The summed E-state index contributed by atoms with van der Waals surface area (Å²) in [5, 5.41) is 3.15. The molecule has 2 aromatic carbocycles. The van der Waals surface area contributed by atoms with Crippen LogP contribution in [0.2, 0.25) is 5.02 Å². The molecule has 6 heteroatoms. The predicted octanol–water partition coefficient (Wildman–Crippen LogP) is 4.82. The molecule has 0 unspecified atom stereocenters. The summed E-state index contributed by atoms with van der Waals surface area (Å²) < 4.78 is 0. The molecule has 0 atom stereocenters. The highest BCUT2D eigenvalue weighted by molar-refractivity contribution is 6.37. The average Bonchev–Trinajstić information content (AvgIpc) is 2.87. The number of anilines is 1. The normalized spacial score (nSPS) is 13.5. The first kappa shape index (κ1) is 20.1. The van der Waals surface area contributed by atoms with Crippen molar-refractivity contribution in [3.8, 4) is 0 Å². The second-order valence-corrected chi connectivity index (χ2v) is 7.94. The van der Waals surface area contributed by atoms with Crippen molar-refractivity contribution in [3.05, 3.63) is 63.7 Å². The molecule has 146 valence electrons. The fourth-order valence-electron chi connectivity index (χ4n) is 3.45. The third-order valence-electron chi connectivity index (χ3n) is 4.89. The fraction of sp³-hybridized carbons (Fsp3) is 0.318. The van der Waals surface area contributed by atoms with E-state index >= 15 is 0 Å². The molecule has 28 heavy (non-hydrogen) atoms. The summed E-state index contributed by atoms with van der Waals surface area (Å²) in [5.41, 5.74) is 3.19. The lowest BCUT2D eigenvalue weighted by Gasteiger charge is -2.21. The van der Waals surface area contributed by atoms with Crippen molar-refractivity contribution < 1.29 is 14.4 Å². The Morgan fingerprint density at radius 3 is 2.07 bits per heavy atom. The summed E-state index contributed by atoms with van der Waals surface area (Å²) >= 11 is 6.07. The van der Waals surface area contributed by atoms with Crippen LogP contribution in [0.5, 0.6) is 0 Å². The maximum absolute atomic E-state index is 12.8. The largest absolute Gasteiger partial charge is 0.324 e. The number of benzene rings is 2. The second kappa shape index (κ2) is 7.76. The van der Waals surface area contributed by atoms with E-state index < -0.39 is 17.7 Å². The molecule has 1 N–H and O–H groups in total. The molecule has 1 aliphatic heterocycles. The number of carbonyl (C=O) groups is 3. The predicted molar refractivity (Wildman–Crippen MR) is 110 cm³/mol. The van der Waals surface area contributed by atoms with Crippen LogP contribution in [0.15, 0.2) is 36.4 Å². The van der Waals surface area contributed by atoms with Gasteiger partial charge in [0, 0.05) is 5.69 Å². The molecular weight excluding hydrogens is 376 g/mol. The van der Waals surface area contributed by atoms with E-state index in [4.69, 9.17) is 11.6 Å². The highest BCUT2D eigenvalue weighted by Gasteiger charge is 2.38. The first-order chi connectivity index (χ1) is 13.2. The Bertz CT molecular complexity index is 940. The Hall–Kier alpha value is -2.66. The van der Waals surface area contributed by atoms with Gasteiger partial charge in [-0.3, -0.25) is 19.3 Å². The monoisotopic (exact) mass is 398 g/mol. The van der Waals surface area contributed by atoms with Crippen molar-refractivity contribution in [1.82, 2.24) is 4.90 Å². The zero-order chi connectivity index (χ0) is 20.6. The third kappa shape index (κ3) is 3.54. The molecule has 0 aromatic heterocycles. The molecule has 0 radical (unpaired) electrons. The summed E-state index contributed by atoms with van der Waals surface area (Å²) in [7, 11) is 0. The highest BCUT2D eigenvalue weighted by Crippen LogP contribution is 2.33. The number of para-hydroxylation sites is 1. The third-order valence-corrected chi connectivity index (χ3v) is 5.20. The van der Waals surface area contributed by atoms with Gasteiger partial charge >= 0.3 is 0 Å². The van der Waals surface area contributed by atoms with Crippen molar-refractivity contribution in [2.75, 3.05) is 11.9 Å². The van der Waals surface area contributed by atoms with Gasteiger partial charge in [0.25, 0.3) is 11.8 Å². The molecular formula is C22H23ClN2O3. The number of fused-ring (bicyclic) bond motifs is 1. The molecule has 0 fully saturated rings. The Kier molecular flexibility index (Phi) is 5.57. The summed E-state index contributed by atoms with van der Waals surface area (Å²) in [6.07, 6.45) is 0. The van der Waals surface area contributed by atoms with Crippen LogP contribution in [0, 0.1) is 0 Å². The average molecular weight is 399 g/mol. The standard InChI is InChI=1S/C22H23ClN2O3/c1-12(2)14-7-5-8-15(13(3)4)20(14)24-18(26)11-25-21(27)16-9-6-10-17(23)19(16)22(25)28/h5-10,12-13H,11H2,1-4H3,(H,24,26). The van der Waals surface area contributed by atoms with Crippen molar-refractivity contribution in [3.63, 3.8) is 0 Å². The van der Waals surface area contributed by atoms with E-state index in [1.807, 2.05) is 18.2 Å². The lowest BCUT2D eigenvalue weighted by molar-refractivity contribution is -0.116. The first-order valence-electron chi connectivity index (χ1n) is 9.29. The topological polar surface area (TPSA) is 66.5 Å². The Balaban J connectivity index is 1.86. The minimum atomic E-state index is -0.540. The van der Waals surface area contributed by atoms with Crippen molar-refractivity contribution in [2.24, 2.45) is 0 Å². The zero-order valence-corrected chi connectivity index (χ0v) is 17.1. The van der Waals surface area contributed by atoms with Gasteiger partial charge in [-0.05, 0) is 35.1 Å². The summed E-state index contributed by atoms with van der Waals surface area (Å²) in [5.74, 6) is -1.03. The molecule has 1 heterocycles. The smallest absolute Gasteiger partial charge is 0.263 e. The van der Waals surface area contributed by atoms with Gasteiger partial charge in [-0.2, -0.15) is 0 Å². The van der Waals surface area contributed by atoms with Crippen LogP contribution in [-0.4, -0.2) is 29.2 Å². The Morgan fingerprint density at radius 2 is 1.54 bits per heavy atom. The minimum absolute atomic E-state index is 0.160. The van der Waals surface area contributed by atoms with Gasteiger partial charge in [0.2, 0.25) is 5.91 Å². The van der Waals surface area contributed by atoms with E-state index in [2.05, 4.69) is 33.0 Å². The van der Waals surface area contributed by atoms with Crippen LogP contribution in [-0.2, 0) is 4.79 Å². The number of hydrogen-bond donors (Lipinski definition) is 1. The minimum Gasteiger partial charge on any atom is -0.324 e. The van der Waals surface area contributed by atoms with Crippen LogP contribution < -0.4 is 5.32 Å². The maximum atomic E-state index is 12.8. The maximum Gasteiger partial charge on any atom is 0.263 e. The van der Waals surface area contributed by atoms with E-state index in [0.717, 1.165) is 21.7 Å². The van der Waals surface area contributed by atoms with Gasteiger partial charge in [-0.25, -0.2) is 0 Å². The molecule has 3 amide bonds. The molecule has 5 nitrogen and oxygen atoms in total. The van der Waals surface area contributed by atoms with E-state index in [-0.39, 0.29) is 34.5 Å². The molecule has 0 spiro atoms. The summed E-state index contributed by atoms with van der Waals surface area (Å²) in [6.45, 7) is 7.87. The summed E-state index contributed by atoms with van der Waals surface area (Å²) in [4.78, 5) is 38.9. The fourth-order valence-corrected chi connectivity index (χ4v) is 3.71. The van der Waals surface area contributed by atoms with Crippen LogP contribution >= 0.6 is 11.6 Å². The molecule has 2 aromatic rings. The number of imide groups is 1. The van der Waals surface area contributed by atoms with Crippen LogP contribution in [0.1, 0.15) is 71.4 Å². The number of amides is 3. The number of halogens is 1. The van der Waals surface area contributed by atoms with Gasteiger partial charge < -0.3 is 5.32 Å². The number of nitrogens with one attached hydrogen (secondary N) is 1. The van der Waals surface area contributed by atoms with Crippen molar-refractivity contribution in [1.29, 1.82) is 0 Å². The van der Waals surface area contributed by atoms with Crippen LogP contribution in [0.25, 0.3) is 0 Å². The van der Waals surface area contributed by atoms with E-state index in [1.54, 1.807) is 18.2 Å². The molecule has 0 saturated carbocycles. The SMILES string of the molecule is CC(C)c1cccc(C(C)C)c1NC(=O)CN1C(=O)c2cccc(Cl)c2C1=O. The molecule has 0 saturated heterocycles. The van der Waals surface area contributed by atoms with Crippen LogP contribution in [0.3, 0.4) is 0 Å². The van der Waals surface area contributed by atoms with Gasteiger partial charge in [0.1, 0.15) is 6.54 Å². The van der Waals surface area contributed by atoms with Gasteiger partial charge in [-0.15, -0.1) is 0 Å². The second-order valence-electron chi connectivity index (χ2n) is 7.53.